The summed E-state index contributed by atoms with van der Waals surface area (Å²) < 4.78 is 0. The van der Waals surface area contributed by atoms with E-state index < -0.39 is 0 Å². The van der Waals surface area contributed by atoms with Crippen LogP contribution in [0.5, 0.6) is 0 Å². The first-order valence-corrected chi connectivity index (χ1v) is 6.89. The Morgan fingerprint density at radius 1 is 1.47 bits per heavy atom. The van der Waals surface area contributed by atoms with Crippen LogP contribution in [-0.2, 0) is 6.42 Å². The van der Waals surface area contributed by atoms with Crippen molar-refractivity contribution in [2.75, 3.05) is 6.61 Å². The number of aliphatic hydroxyl groups is 1. The highest BCUT2D eigenvalue weighted by Crippen LogP contribution is 2.57. The van der Waals surface area contributed by atoms with Crippen molar-refractivity contribution in [2.24, 2.45) is 17.3 Å². The fourth-order valence-electron chi connectivity index (χ4n) is 3.82. The van der Waals surface area contributed by atoms with Gasteiger partial charge in [-0.15, -0.1) is 0 Å². The molecule has 15 heavy (non-hydrogen) atoms. The molecule has 1 heterocycles. The molecule has 2 aliphatic rings. The molecule has 1 N–H and O–H groups in total. The van der Waals surface area contributed by atoms with Crippen LogP contribution < -0.4 is 0 Å². The van der Waals surface area contributed by atoms with Gasteiger partial charge in [0.05, 0.1) is 0 Å². The second-order valence-electron chi connectivity index (χ2n) is 5.41. The number of hydrogen-bond acceptors (Lipinski definition) is 2. The standard InChI is InChI=1S/C13H18OS/c14-9-13(7-11-3-4-15-8-11)6-10-1-2-12(13)5-10/h3-4,8,10,12,14H,1-2,5-7,9H2. The number of thiophene rings is 1. The molecule has 0 saturated heterocycles. The van der Waals surface area contributed by atoms with Crippen molar-refractivity contribution < 1.29 is 5.11 Å². The molecule has 2 saturated carbocycles. The lowest BCUT2D eigenvalue weighted by atomic mass is 9.70. The van der Waals surface area contributed by atoms with Crippen LogP contribution in [-0.4, -0.2) is 11.7 Å². The number of aliphatic hydroxyl groups excluding tert-OH is 1. The lowest BCUT2D eigenvalue weighted by Gasteiger charge is -2.36. The van der Waals surface area contributed by atoms with Crippen LogP contribution in [0.3, 0.4) is 0 Å². The molecule has 1 aromatic heterocycles. The molecule has 0 radical (unpaired) electrons. The molecule has 2 aliphatic carbocycles. The minimum Gasteiger partial charge on any atom is -0.396 e. The molecule has 1 aromatic rings. The molecule has 82 valence electrons. The van der Waals surface area contributed by atoms with Gasteiger partial charge in [-0.1, -0.05) is 6.42 Å². The van der Waals surface area contributed by atoms with E-state index in [9.17, 15) is 5.11 Å². The molecule has 0 aliphatic heterocycles. The normalized spacial score (nSPS) is 38.7. The number of fused-ring (bicyclic) bond motifs is 2. The summed E-state index contributed by atoms with van der Waals surface area (Å²) in [6.45, 7) is 0.393. The van der Waals surface area contributed by atoms with E-state index in [1.165, 1.54) is 31.2 Å². The van der Waals surface area contributed by atoms with E-state index in [1.54, 1.807) is 11.3 Å². The van der Waals surface area contributed by atoms with Gasteiger partial charge in [-0.25, -0.2) is 0 Å². The largest absolute Gasteiger partial charge is 0.396 e. The second kappa shape index (κ2) is 3.60. The molecule has 3 rings (SSSR count). The van der Waals surface area contributed by atoms with Gasteiger partial charge in [0.15, 0.2) is 0 Å². The maximum Gasteiger partial charge on any atom is 0.0493 e. The minimum absolute atomic E-state index is 0.240. The van der Waals surface area contributed by atoms with Gasteiger partial charge < -0.3 is 5.11 Å². The van der Waals surface area contributed by atoms with Crippen molar-refractivity contribution in [3.05, 3.63) is 22.4 Å². The Morgan fingerprint density at radius 3 is 2.93 bits per heavy atom. The fourth-order valence-corrected chi connectivity index (χ4v) is 4.49. The Bertz CT molecular complexity index is 332. The second-order valence-corrected chi connectivity index (χ2v) is 6.19. The molecule has 0 spiro atoms. The molecule has 0 aromatic carbocycles. The first-order valence-electron chi connectivity index (χ1n) is 5.94. The summed E-state index contributed by atoms with van der Waals surface area (Å²) in [4.78, 5) is 0. The van der Waals surface area contributed by atoms with Crippen molar-refractivity contribution in [3.8, 4) is 0 Å². The Labute approximate surface area is 95.1 Å². The molecular formula is C13H18OS. The summed E-state index contributed by atoms with van der Waals surface area (Å²) in [5.41, 5.74) is 1.67. The number of hydrogen-bond donors (Lipinski definition) is 1. The quantitative estimate of drug-likeness (QED) is 0.833. The van der Waals surface area contributed by atoms with Crippen LogP contribution in [0, 0.1) is 17.3 Å². The molecular weight excluding hydrogens is 204 g/mol. The van der Waals surface area contributed by atoms with Crippen LogP contribution in [0.25, 0.3) is 0 Å². The van der Waals surface area contributed by atoms with Gasteiger partial charge in [0.25, 0.3) is 0 Å². The van der Waals surface area contributed by atoms with E-state index in [2.05, 4.69) is 16.8 Å². The first kappa shape index (κ1) is 9.86. The third-order valence-corrected chi connectivity index (χ3v) is 5.29. The minimum atomic E-state index is 0.240. The molecule has 1 nitrogen and oxygen atoms in total. The highest BCUT2D eigenvalue weighted by Gasteiger charge is 2.50. The third kappa shape index (κ3) is 1.55. The molecule has 2 bridgehead atoms. The van der Waals surface area contributed by atoms with Crippen LogP contribution >= 0.6 is 11.3 Å². The van der Waals surface area contributed by atoms with Crippen molar-refractivity contribution >= 4 is 11.3 Å². The van der Waals surface area contributed by atoms with Gasteiger partial charge in [0, 0.05) is 12.0 Å². The summed E-state index contributed by atoms with van der Waals surface area (Å²) in [5, 5.41) is 14.1. The zero-order chi connectivity index (χ0) is 10.3. The zero-order valence-corrected chi connectivity index (χ0v) is 9.80. The predicted octanol–water partition coefficient (Wildman–Crippen LogP) is 3.09. The molecule has 2 heteroatoms. The summed E-state index contributed by atoms with van der Waals surface area (Å²) in [5.74, 6) is 1.72. The summed E-state index contributed by atoms with van der Waals surface area (Å²) in [6.07, 6.45) is 6.52. The highest BCUT2D eigenvalue weighted by atomic mass is 32.1. The Morgan fingerprint density at radius 2 is 2.40 bits per heavy atom. The van der Waals surface area contributed by atoms with Gasteiger partial charge in [0.2, 0.25) is 0 Å². The lowest BCUT2D eigenvalue weighted by molar-refractivity contribution is 0.0652. The zero-order valence-electron chi connectivity index (χ0n) is 8.98. The molecule has 3 atom stereocenters. The van der Waals surface area contributed by atoms with Gasteiger partial charge in [-0.05, 0) is 59.9 Å². The summed E-state index contributed by atoms with van der Waals surface area (Å²) >= 11 is 1.77. The SMILES string of the molecule is OCC1(Cc2ccsc2)CC2CCC1C2. The van der Waals surface area contributed by atoms with E-state index in [0.717, 1.165) is 18.3 Å². The van der Waals surface area contributed by atoms with Crippen molar-refractivity contribution in [3.63, 3.8) is 0 Å². The van der Waals surface area contributed by atoms with Gasteiger partial charge in [-0.2, -0.15) is 11.3 Å². The maximum atomic E-state index is 9.74. The van der Waals surface area contributed by atoms with Crippen molar-refractivity contribution in [1.29, 1.82) is 0 Å². The average Bonchev–Trinajstić information content (AvgIpc) is 2.93. The van der Waals surface area contributed by atoms with E-state index >= 15 is 0 Å². The van der Waals surface area contributed by atoms with Crippen LogP contribution in [0.1, 0.15) is 31.2 Å². The van der Waals surface area contributed by atoms with Gasteiger partial charge >= 0.3 is 0 Å². The summed E-state index contributed by atoms with van der Waals surface area (Å²) in [7, 11) is 0. The predicted molar refractivity (Wildman–Crippen MR) is 63.0 cm³/mol. The Balaban J connectivity index is 1.82. The monoisotopic (exact) mass is 222 g/mol. The van der Waals surface area contributed by atoms with E-state index in [0.29, 0.717) is 6.61 Å². The third-order valence-electron chi connectivity index (χ3n) is 4.55. The van der Waals surface area contributed by atoms with E-state index in [1.807, 2.05) is 0 Å². The highest BCUT2D eigenvalue weighted by molar-refractivity contribution is 7.07. The number of rotatable bonds is 3. The van der Waals surface area contributed by atoms with Crippen molar-refractivity contribution in [1.82, 2.24) is 0 Å². The molecule has 2 fully saturated rings. The lowest BCUT2D eigenvalue weighted by Crippen LogP contribution is -2.33. The Hall–Kier alpha value is -0.340. The first-order chi connectivity index (χ1) is 7.32. The van der Waals surface area contributed by atoms with Crippen LogP contribution in [0.4, 0.5) is 0 Å². The molecule has 3 unspecified atom stereocenters. The van der Waals surface area contributed by atoms with Gasteiger partial charge in [-0.3, -0.25) is 0 Å². The topological polar surface area (TPSA) is 20.2 Å². The maximum absolute atomic E-state index is 9.74. The Kier molecular flexibility index (Phi) is 2.37. The molecule has 0 amide bonds. The van der Waals surface area contributed by atoms with Gasteiger partial charge in [0.1, 0.15) is 0 Å². The van der Waals surface area contributed by atoms with Crippen LogP contribution in [0.2, 0.25) is 0 Å². The average molecular weight is 222 g/mol. The fraction of sp³-hybridized carbons (Fsp3) is 0.692. The van der Waals surface area contributed by atoms with Crippen molar-refractivity contribution in [2.45, 2.75) is 32.1 Å². The smallest absolute Gasteiger partial charge is 0.0493 e. The van der Waals surface area contributed by atoms with E-state index in [4.69, 9.17) is 0 Å². The van der Waals surface area contributed by atoms with E-state index in [-0.39, 0.29) is 5.41 Å². The summed E-state index contributed by atoms with van der Waals surface area (Å²) in [6, 6.07) is 2.22. The van der Waals surface area contributed by atoms with Crippen LogP contribution in [0.15, 0.2) is 16.8 Å².